The highest BCUT2D eigenvalue weighted by Gasteiger charge is 2.54. The van der Waals surface area contributed by atoms with Gasteiger partial charge in [-0.1, -0.05) is 190 Å². The Balaban J connectivity index is 1.14. The molecule has 0 fully saturated rings. The molecule has 10 aromatic rings. The largest absolute Gasteiger partial charge is 0.468 e. The molecule has 0 radical (unpaired) electrons. The maximum Gasteiger partial charge on any atom is 0.297 e. The highest BCUT2D eigenvalue weighted by molar-refractivity contribution is 7.00. The van der Waals surface area contributed by atoms with Crippen LogP contribution in [0, 0.1) is 0 Å². The molecule has 1 spiro atoms. The van der Waals surface area contributed by atoms with Crippen molar-refractivity contribution >= 4 is 68.4 Å². The molecule has 9 aromatic carbocycles. The highest BCUT2D eigenvalue weighted by Crippen LogP contribution is 2.63. The van der Waals surface area contributed by atoms with E-state index in [1.807, 2.05) is 0 Å². The molecule has 3 aliphatic heterocycles. The quantitative estimate of drug-likeness (QED) is 0.165. The first-order valence-corrected chi connectivity index (χ1v) is 26.4. The van der Waals surface area contributed by atoms with Crippen LogP contribution in [0.1, 0.15) is 101 Å². The molecule has 0 atom stereocenters. The van der Waals surface area contributed by atoms with Crippen molar-refractivity contribution in [3.05, 3.63) is 233 Å². The first kappa shape index (κ1) is 44.7. The van der Waals surface area contributed by atoms with E-state index < -0.39 is 5.41 Å². The van der Waals surface area contributed by atoms with E-state index >= 15 is 0 Å². The molecule has 5 heteroatoms. The highest BCUT2D eigenvalue weighted by atomic mass is 16.5. The summed E-state index contributed by atoms with van der Waals surface area (Å²) in [4.78, 5) is 5.10. The van der Waals surface area contributed by atoms with Gasteiger partial charge in [0.15, 0.2) is 0 Å². The topological polar surface area (TPSA) is 28.9 Å². The molecule has 74 heavy (non-hydrogen) atoms. The Hall–Kier alpha value is -8.02. The molecule has 4 nitrogen and oxygen atoms in total. The summed E-state index contributed by atoms with van der Waals surface area (Å²) < 4.78 is 14.4. The average molecular weight is 959 g/mol. The molecule has 14 rings (SSSR count). The first-order chi connectivity index (χ1) is 35.6. The Kier molecular flexibility index (Phi) is 9.36. The summed E-state index contributed by atoms with van der Waals surface area (Å²) in [7, 11) is 0. The fourth-order valence-electron chi connectivity index (χ4n) is 12.9. The summed E-state index contributed by atoms with van der Waals surface area (Å²) in [6.45, 7) is 20.4. The minimum atomic E-state index is -0.658. The fourth-order valence-corrected chi connectivity index (χ4v) is 12.9. The fraction of sp³-hybridized carbons (Fsp3) is 0.188. The second kappa shape index (κ2) is 15.5. The van der Waals surface area contributed by atoms with E-state index in [2.05, 4.69) is 266 Å². The van der Waals surface area contributed by atoms with Crippen molar-refractivity contribution in [3.63, 3.8) is 0 Å². The van der Waals surface area contributed by atoms with Gasteiger partial charge in [0.05, 0.1) is 22.4 Å². The molecule has 4 aliphatic rings. The van der Waals surface area contributed by atoms with E-state index in [0.717, 1.165) is 73.4 Å². The van der Waals surface area contributed by atoms with Crippen LogP contribution >= 0.6 is 0 Å². The van der Waals surface area contributed by atoms with E-state index in [0.29, 0.717) is 0 Å². The van der Waals surface area contributed by atoms with Crippen LogP contribution in [0.2, 0.25) is 0 Å². The first-order valence-electron chi connectivity index (χ1n) is 26.4. The van der Waals surface area contributed by atoms with Gasteiger partial charge in [0.2, 0.25) is 0 Å². The SMILES string of the molecule is CC(C)(C)c1ccc(N2c3cccc4c3B(c3cc5c(cc3N4c3ccc(C(C)(C)C)cc3-c3ccccc3)-c3ccccc3C53c4ccccc4Oc4ccccc43)c3oc4ccc(C(C)(C)C)cc4c32)cc1. The van der Waals surface area contributed by atoms with Crippen LogP contribution in [-0.4, -0.2) is 6.71 Å². The van der Waals surface area contributed by atoms with E-state index in [9.17, 15) is 0 Å². The van der Waals surface area contributed by atoms with Crippen LogP contribution in [0.5, 0.6) is 11.5 Å². The molecule has 0 bridgehead atoms. The minimum Gasteiger partial charge on any atom is -0.468 e. The molecule has 0 amide bonds. The van der Waals surface area contributed by atoms with Gasteiger partial charge < -0.3 is 19.0 Å². The van der Waals surface area contributed by atoms with Crippen molar-refractivity contribution in [2.75, 3.05) is 9.80 Å². The van der Waals surface area contributed by atoms with Crippen LogP contribution in [0.15, 0.2) is 199 Å². The van der Waals surface area contributed by atoms with Crippen LogP contribution < -0.4 is 31.1 Å². The van der Waals surface area contributed by atoms with Gasteiger partial charge in [-0.15, -0.1) is 0 Å². The number of fused-ring (bicyclic) bond motifs is 15. The Morgan fingerprint density at radius 3 is 1.68 bits per heavy atom. The summed E-state index contributed by atoms with van der Waals surface area (Å²) in [5.74, 6) is 1.76. The van der Waals surface area contributed by atoms with Crippen molar-refractivity contribution in [2.24, 2.45) is 0 Å². The molecule has 0 saturated carbocycles. The third kappa shape index (κ3) is 6.28. The predicted molar refractivity (Wildman–Crippen MR) is 309 cm³/mol. The lowest BCUT2D eigenvalue weighted by Crippen LogP contribution is -2.61. The van der Waals surface area contributed by atoms with Gasteiger partial charge in [0.1, 0.15) is 17.1 Å². The van der Waals surface area contributed by atoms with Crippen molar-refractivity contribution < 1.29 is 9.15 Å². The maximum absolute atomic E-state index is 7.53. The molecule has 0 N–H and O–H groups in total. The summed E-state index contributed by atoms with van der Waals surface area (Å²) in [6, 6.07) is 72.8. The number of anilines is 6. The zero-order chi connectivity index (χ0) is 50.6. The van der Waals surface area contributed by atoms with E-state index in [-0.39, 0.29) is 23.0 Å². The maximum atomic E-state index is 7.53. The van der Waals surface area contributed by atoms with Crippen molar-refractivity contribution in [2.45, 2.75) is 84.0 Å². The number of benzene rings is 9. The molecule has 1 aliphatic carbocycles. The van der Waals surface area contributed by atoms with Gasteiger partial charge in [0.25, 0.3) is 6.71 Å². The van der Waals surface area contributed by atoms with Gasteiger partial charge in [0, 0.05) is 44.8 Å². The monoisotopic (exact) mass is 958 g/mol. The number of furan rings is 1. The Labute approximate surface area is 436 Å². The zero-order valence-electron chi connectivity index (χ0n) is 43.8. The van der Waals surface area contributed by atoms with Crippen LogP contribution in [-0.2, 0) is 21.7 Å². The van der Waals surface area contributed by atoms with Gasteiger partial charge in [-0.05, 0) is 138 Å². The lowest BCUT2D eigenvalue weighted by atomic mass is 9.35. The number of ether oxygens (including phenoxy) is 1. The van der Waals surface area contributed by atoms with Crippen molar-refractivity contribution in [3.8, 4) is 33.8 Å². The van der Waals surface area contributed by atoms with Crippen molar-refractivity contribution in [1.82, 2.24) is 0 Å². The average Bonchev–Trinajstić information content (AvgIpc) is 3.95. The van der Waals surface area contributed by atoms with E-state index in [1.165, 1.54) is 61.0 Å². The van der Waals surface area contributed by atoms with Gasteiger partial charge in [-0.25, -0.2) is 0 Å². The van der Waals surface area contributed by atoms with E-state index in [1.54, 1.807) is 0 Å². The molecule has 4 heterocycles. The molecule has 0 saturated heterocycles. The number of para-hydroxylation sites is 2. The van der Waals surface area contributed by atoms with Crippen molar-refractivity contribution in [1.29, 1.82) is 0 Å². The summed E-state index contributed by atoms with van der Waals surface area (Å²) in [6.07, 6.45) is 0. The summed E-state index contributed by atoms with van der Waals surface area (Å²) in [5.41, 5.74) is 23.7. The van der Waals surface area contributed by atoms with Crippen LogP contribution in [0.25, 0.3) is 33.2 Å². The second-order valence-corrected chi connectivity index (χ2v) is 24.1. The summed E-state index contributed by atoms with van der Waals surface area (Å²) >= 11 is 0. The number of hydrogen-bond acceptors (Lipinski definition) is 4. The summed E-state index contributed by atoms with van der Waals surface area (Å²) in [5, 5.41) is 1.12. The Morgan fingerprint density at radius 2 is 1.00 bits per heavy atom. The molecule has 0 unspecified atom stereocenters. The third-order valence-electron chi connectivity index (χ3n) is 16.6. The Bertz CT molecular complexity index is 3910. The molecule has 360 valence electrons. The zero-order valence-corrected chi connectivity index (χ0v) is 43.8. The molecular weight excluding hydrogens is 900 g/mol. The lowest BCUT2D eigenvalue weighted by Gasteiger charge is -2.44. The molecular formula is C69H59BN2O2. The Morgan fingerprint density at radius 1 is 0.419 bits per heavy atom. The van der Waals surface area contributed by atoms with Gasteiger partial charge >= 0.3 is 0 Å². The molecule has 1 aromatic heterocycles. The van der Waals surface area contributed by atoms with Crippen LogP contribution in [0.3, 0.4) is 0 Å². The van der Waals surface area contributed by atoms with Gasteiger partial charge in [-0.2, -0.15) is 0 Å². The van der Waals surface area contributed by atoms with Crippen LogP contribution in [0.4, 0.5) is 34.1 Å². The lowest BCUT2D eigenvalue weighted by molar-refractivity contribution is 0.436. The predicted octanol–water partition coefficient (Wildman–Crippen LogP) is 16.5. The second-order valence-electron chi connectivity index (χ2n) is 24.1. The normalized spacial score (nSPS) is 14.7. The standard InChI is InChI=1S/C69H59BN2O2/c1-66(2,3)43-30-34-46(35-31-43)71-57-26-19-27-58-63(57)70(65-64(71)50-39-45(68(7,8)9)33-37-60(50)74-65)55-41-54-49(40-59(55)72(58)56-36-32-44(67(4,5)6)38-48(56)42-20-11-10-12-21-42)47-22-13-14-23-51(47)69(54)52-24-15-17-28-61(52)73-62-29-18-16-25-53(62)69/h10-41H,1-9H3. The third-order valence-corrected chi connectivity index (χ3v) is 16.6. The number of hydrogen-bond donors (Lipinski definition) is 0. The minimum absolute atomic E-state index is 0.00147. The van der Waals surface area contributed by atoms with E-state index in [4.69, 9.17) is 9.15 Å². The smallest absolute Gasteiger partial charge is 0.297 e. The number of nitrogens with zero attached hydrogens (tertiary/aromatic N) is 2. The van der Waals surface area contributed by atoms with Gasteiger partial charge in [-0.3, -0.25) is 0 Å². The number of rotatable bonds is 3.